The van der Waals surface area contributed by atoms with E-state index in [0.29, 0.717) is 18.7 Å². The van der Waals surface area contributed by atoms with Crippen molar-refractivity contribution in [3.63, 3.8) is 0 Å². The molecule has 0 aliphatic carbocycles. The van der Waals surface area contributed by atoms with E-state index in [1.807, 2.05) is 18.3 Å². The van der Waals surface area contributed by atoms with Gasteiger partial charge >= 0.3 is 0 Å². The van der Waals surface area contributed by atoms with Crippen molar-refractivity contribution in [2.45, 2.75) is 32.3 Å². The Kier molecular flexibility index (Phi) is 5.07. The second-order valence-electron chi connectivity index (χ2n) is 4.78. The molecule has 0 amide bonds. The first-order valence-corrected chi connectivity index (χ1v) is 6.82. The molecule has 4 nitrogen and oxygen atoms in total. The van der Waals surface area contributed by atoms with E-state index < -0.39 is 6.10 Å². The lowest BCUT2D eigenvalue weighted by Crippen LogP contribution is -2.15. The van der Waals surface area contributed by atoms with Crippen molar-refractivity contribution in [2.75, 3.05) is 7.11 Å². The third-order valence-corrected chi connectivity index (χ3v) is 3.22. The van der Waals surface area contributed by atoms with Crippen molar-refractivity contribution < 1.29 is 9.84 Å². The molecular formula is C16H20N2O2. The minimum Gasteiger partial charge on any atom is -0.481 e. The molecule has 1 N–H and O–H groups in total. The first kappa shape index (κ1) is 14.5. The number of aliphatic hydroxyl groups is 1. The molecular weight excluding hydrogens is 252 g/mol. The Bertz CT molecular complexity index is 474. The topological polar surface area (TPSA) is 55.2 Å². The maximum atomic E-state index is 10.1. The molecule has 2 aromatic rings. The Morgan fingerprint density at radius 2 is 1.80 bits per heavy atom. The molecule has 0 aliphatic rings. The molecule has 0 aromatic carbocycles. The van der Waals surface area contributed by atoms with Crippen molar-refractivity contribution in [1.82, 2.24) is 9.97 Å². The van der Waals surface area contributed by atoms with Crippen LogP contribution in [0.3, 0.4) is 0 Å². The van der Waals surface area contributed by atoms with E-state index in [1.165, 1.54) is 5.56 Å². The highest BCUT2D eigenvalue weighted by Gasteiger charge is 2.08. The predicted molar refractivity (Wildman–Crippen MR) is 77.8 cm³/mol. The third kappa shape index (κ3) is 4.03. The summed E-state index contributed by atoms with van der Waals surface area (Å²) in [5.74, 6) is 0.583. The number of aliphatic hydroxyl groups excluding tert-OH is 1. The highest BCUT2D eigenvalue weighted by atomic mass is 16.5. The molecule has 0 aliphatic heterocycles. The minimum absolute atomic E-state index is 0.454. The second-order valence-corrected chi connectivity index (χ2v) is 4.78. The van der Waals surface area contributed by atoms with Crippen molar-refractivity contribution in [1.29, 1.82) is 0 Å². The van der Waals surface area contributed by atoms with Crippen LogP contribution in [0.25, 0.3) is 0 Å². The summed E-state index contributed by atoms with van der Waals surface area (Å²) >= 11 is 0. The summed E-state index contributed by atoms with van der Waals surface area (Å²) < 4.78 is 5.01. The van der Waals surface area contributed by atoms with Crippen molar-refractivity contribution in [3.05, 3.63) is 53.5 Å². The zero-order valence-electron chi connectivity index (χ0n) is 11.9. The van der Waals surface area contributed by atoms with E-state index in [-0.39, 0.29) is 0 Å². The summed E-state index contributed by atoms with van der Waals surface area (Å²) in [6.07, 6.45) is 5.25. The van der Waals surface area contributed by atoms with E-state index >= 15 is 0 Å². The number of ether oxygens (including phenoxy) is 1. The van der Waals surface area contributed by atoms with Crippen molar-refractivity contribution in [2.24, 2.45) is 0 Å². The van der Waals surface area contributed by atoms with Crippen LogP contribution in [-0.2, 0) is 19.3 Å². The number of pyridine rings is 2. The van der Waals surface area contributed by atoms with E-state index in [1.54, 1.807) is 19.4 Å². The van der Waals surface area contributed by atoms with Gasteiger partial charge in [-0.05, 0) is 23.6 Å². The van der Waals surface area contributed by atoms with Gasteiger partial charge in [-0.25, -0.2) is 4.98 Å². The molecule has 2 rings (SSSR count). The first-order chi connectivity index (χ1) is 9.71. The van der Waals surface area contributed by atoms with Gasteiger partial charge < -0.3 is 9.84 Å². The monoisotopic (exact) mass is 272 g/mol. The lowest BCUT2D eigenvalue weighted by atomic mass is 10.1. The molecule has 2 heterocycles. The molecule has 1 atom stereocenters. The van der Waals surface area contributed by atoms with Crippen LogP contribution in [0.1, 0.15) is 23.7 Å². The third-order valence-electron chi connectivity index (χ3n) is 3.22. The van der Waals surface area contributed by atoms with Gasteiger partial charge in [-0.1, -0.05) is 19.1 Å². The summed E-state index contributed by atoms with van der Waals surface area (Å²) in [6.45, 7) is 2.10. The molecule has 0 fully saturated rings. The Hall–Kier alpha value is -1.94. The number of nitrogens with zero attached hydrogens (tertiary/aromatic N) is 2. The Morgan fingerprint density at radius 1 is 1.05 bits per heavy atom. The maximum Gasteiger partial charge on any atom is 0.212 e. The number of hydrogen-bond donors (Lipinski definition) is 1. The fraction of sp³-hybridized carbons (Fsp3) is 0.375. The smallest absolute Gasteiger partial charge is 0.212 e. The summed E-state index contributed by atoms with van der Waals surface area (Å²) in [5.41, 5.74) is 3.11. The summed E-state index contributed by atoms with van der Waals surface area (Å²) in [6, 6.07) is 7.76. The predicted octanol–water partition coefficient (Wildman–Crippen LogP) is 2.19. The summed E-state index contributed by atoms with van der Waals surface area (Å²) in [5, 5.41) is 10.1. The molecule has 106 valence electrons. The first-order valence-electron chi connectivity index (χ1n) is 6.82. The average Bonchev–Trinajstić information content (AvgIpc) is 2.49. The highest BCUT2D eigenvalue weighted by molar-refractivity contribution is 5.19. The summed E-state index contributed by atoms with van der Waals surface area (Å²) in [7, 11) is 1.59. The second kappa shape index (κ2) is 7.01. The fourth-order valence-corrected chi connectivity index (χ4v) is 2.02. The van der Waals surface area contributed by atoms with Crippen LogP contribution in [0.15, 0.2) is 36.7 Å². The lowest BCUT2D eigenvalue weighted by Gasteiger charge is -2.10. The molecule has 1 unspecified atom stereocenters. The number of rotatable bonds is 6. The minimum atomic E-state index is -0.454. The fourth-order valence-electron chi connectivity index (χ4n) is 2.02. The van der Waals surface area contributed by atoms with E-state index in [0.717, 1.165) is 17.7 Å². The maximum absolute atomic E-state index is 10.1. The van der Waals surface area contributed by atoms with Crippen LogP contribution in [-0.4, -0.2) is 28.3 Å². The average molecular weight is 272 g/mol. The zero-order chi connectivity index (χ0) is 14.4. The molecule has 0 saturated heterocycles. The lowest BCUT2D eigenvalue weighted by molar-refractivity contribution is 0.174. The molecule has 0 bridgehead atoms. The van der Waals surface area contributed by atoms with Gasteiger partial charge in [0, 0.05) is 37.0 Å². The molecule has 4 heteroatoms. The van der Waals surface area contributed by atoms with Crippen LogP contribution in [0, 0.1) is 0 Å². The quantitative estimate of drug-likeness (QED) is 0.876. The highest BCUT2D eigenvalue weighted by Crippen LogP contribution is 2.11. The van der Waals surface area contributed by atoms with Gasteiger partial charge in [-0.3, -0.25) is 4.98 Å². The van der Waals surface area contributed by atoms with Crippen LogP contribution in [0.2, 0.25) is 0 Å². The van der Waals surface area contributed by atoms with Gasteiger partial charge in [-0.2, -0.15) is 0 Å². The molecule has 0 radical (unpaired) electrons. The molecule has 0 spiro atoms. The van der Waals surface area contributed by atoms with Gasteiger partial charge in [0.05, 0.1) is 13.2 Å². The van der Waals surface area contributed by atoms with Crippen molar-refractivity contribution in [3.8, 4) is 5.88 Å². The van der Waals surface area contributed by atoms with Crippen molar-refractivity contribution >= 4 is 0 Å². The number of aryl methyl sites for hydroxylation is 1. The van der Waals surface area contributed by atoms with Crippen LogP contribution in [0.4, 0.5) is 0 Å². The van der Waals surface area contributed by atoms with E-state index in [2.05, 4.69) is 23.0 Å². The van der Waals surface area contributed by atoms with Gasteiger partial charge in [0.25, 0.3) is 0 Å². The molecule has 20 heavy (non-hydrogen) atoms. The largest absolute Gasteiger partial charge is 0.481 e. The Labute approximate surface area is 119 Å². The normalized spacial score (nSPS) is 12.2. The molecule has 2 aromatic heterocycles. The van der Waals surface area contributed by atoms with Gasteiger partial charge in [0.15, 0.2) is 0 Å². The summed E-state index contributed by atoms with van der Waals surface area (Å²) in [4.78, 5) is 8.49. The number of aromatic nitrogens is 2. The number of hydrogen-bond acceptors (Lipinski definition) is 4. The Morgan fingerprint density at radius 3 is 2.35 bits per heavy atom. The van der Waals surface area contributed by atoms with Gasteiger partial charge in [0.2, 0.25) is 5.88 Å². The van der Waals surface area contributed by atoms with Gasteiger partial charge in [0.1, 0.15) is 0 Å². The number of methoxy groups -OCH3 is 1. The zero-order valence-corrected chi connectivity index (χ0v) is 11.9. The standard InChI is InChI=1S/C16H20N2O2/c1-3-12-4-6-14(17-10-12)9-15(19)8-13-5-7-16(20-2)18-11-13/h4-7,10-11,15,19H,3,8-9H2,1-2H3. The van der Waals surface area contributed by atoms with Gasteiger partial charge in [-0.15, -0.1) is 0 Å². The van der Waals surface area contributed by atoms with Crippen LogP contribution < -0.4 is 4.74 Å². The molecule has 0 saturated carbocycles. The van der Waals surface area contributed by atoms with Crippen LogP contribution in [0.5, 0.6) is 5.88 Å². The van der Waals surface area contributed by atoms with Crippen LogP contribution >= 0.6 is 0 Å². The van der Waals surface area contributed by atoms with E-state index in [4.69, 9.17) is 4.74 Å². The Balaban J connectivity index is 1.91. The SMILES string of the molecule is CCc1ccc(CC(O)Cc2ccc(OC)nc2)nc1. The van der Waals surface area contributed by atoms with E-state index in [9.17, 15) is 5.11 Å².